The fourth-order valence-corrected chi connectivity index (χ4v) is 3.06. The average Bonchev–Trinajstić information content (AvgIpc) is 2.86. The quantitative estimate of drug-likeness (QED) is 0.613. The normalized spacial score (nSPS) is 26.0. The Morgan fingerprint density at radius 2 is 2.10 bits per heavy atom. The number of halogens is 1. The molecule has 0 bridgehead atoms. The Bertz CT molecular complexity index is 595. The molecular formula is C14H18ClN3O2. The monoisotopic (exact) mass is 295 g/mol. The molecule has 20 heavy (non-hydrogen) atoms. The second-order valence-corrected chi connectivity index (χ2v) is 5.14. The number of hydrogen-bond acceptors (Lipinski definition) is 3. The largest absolute Gasteiger partial charge is 1.00 e. The van der Waals surface area contributed by atoms with E-state index in [1.54, 1.807) is 0 Å². The zero-order valence-corrected chi connectivity index (χ0v) is 11.9. The van der Waals surface area contributed by atoms with Gasteiger partial charge in [0.1, 0.15) is 18.8 Å². The number of fused-ring (bicyclic) bond motifs is 3. The van der Waals surface area contributed by atoms with Crippen molar-refractivity contribution in [3.63, 3.8) is 0 Å². The number of aromatic nitrogens is 2. The van der Waals surface area contributed by atoms with Crippen LogP contribution >= 0.6 is 0 Å². The first kappa shape index (κ1) is 13.8. The lowest BCUT2D eigenvalue weighted by atomic mass is 10.0. The number of benzene rings is 1. The third kappa shape index (κ3) is 2.20. The molecule has 4 rings (SSSR count). The zero-order valence-electron chi connectivity index (χ0n) is 11.2. The number of nitrogens with two attached hydrogens (primary N) is 1. The zero-order chi connectivity index (χ0) is 12.7. The third-order valence-corrected chi connectivity index (χ3v) is 3.95. The second kappa shape index (κ2) is 5.69. The summed E-state index contributed by atoms with van der Waals surface area (Å²) >= 11 is 0. The predicted octanol–water partition coefficient (Wildman–Crippen LogP) is -2.93. The van der Waals surface area contributed by atoms with Gasteiger partial charge in [0.2, 0.25) is 0 Å². The number of quaternary nitrogens is 1. The Hall–Kier alpha value is -1.14. The molecule has 6 heteroatoms. The molecule has 0 spiro atoms. The SMILES string of the molecule is [Cl-].c1ccc2c3n(nc2c1)CCOC3[C@H]1C[NH2+]CCO1. The topological polar surface area (TPSA) is 52.9 Å². The molecule has 1 aromatic carbocycles. The maximum absolute atomic E-state index is 6.00. The van der Waals surface area contributed by atoms with Gasteiger partial charge in [0.05, 0.1) is 37.5 Å². The summed E-state index contributed by atoms with van der Waals surface area (Å²) in [7, 11) is 0. The summed E-state index contributed by atoms with van der Waals surface area (Å²) in [6.07, 6.45) is 0.144. The molecule has 1 aromatic heterocycles. The summed E-state index contributed by atoms with van der Waals surface area (Å²) in [4.78, 5) is 0. The van der Waals surface area contributed by atoms with Crippen LogP contribution in [0, 0.1) is 0 Å². The highest BCUT2D eigenvalue weighted by Gasteiger charge is 2.35. The number of rotatable bonds is 1. The Morgan fingerprint density at radius 1 is 1.20 bits per heavy atom. The molecule has 2 atom stereocenters. The molecule has 2 aliphatic rings. The molecule has 5 nitrogen and oxygen atoms in total. The van der Waals surface area contributed by atoms with Crippen LogP contribution in [0.1, 0.15) is 11.8 Å². The summed E-state index contributed by atoms with van der Waals surface area (Å²) < 4.78 is 14.0. The van der Waals surface area contributed by atoms with Gasteiger partial charge in [-0.25, -0.2) is 0 Å². The third-order valence-electron chi connectivity index (χ3n) is 3.95. The lowest BCUT2D eigenvalue weighted by molar-refractivity contribution is -0.679. The summed E-state index contributed by atoms with van der Waals surface area (Å²) in [5.74, 6) is 0. The summed E-state index contributed by atoms with van der Waals surface area (Å²) in [6.45, 7) is 4.35. The second-order valence-electron chi connectivity index (χ2n) is 5.14. The Balaban J connectivity index is 0.00000121. The summed E-state index contributed by atoms with van der Waals surface area (Å²) in [6, 6.07) is 8.28. The van der Waals surface area contributed by atoms with Crippen LogP contribution < -0.4 is 17.7 Å². The van der Waals surface area contributed by atoms with E-state index in [-0.39, 0.29) is 24.6 Å². The van der Waals surface area contributed by atoms with E-state index in [2.05, 4.69) is 33.3 Å². The summed E-state index contributed by atoms with van der Waals surface area (Å²) in [5.41, 5.74) is 2.23. The van der Waals surface area contributed by atoms with Crippen LogP contribution in [0.2, 0.25) is 0 Å². The van der Waals surface area contributed by atoms with E-state index >= 15 is 0 Å². The minimum atomic E-state index is 0. The first-order valence-electron chi connectivity index (χ1n) is 6.94. The van der Waals surface area contributed by atoms with Gasteiger partial charge >= 0.3 is 0 Å². The van der Waals surface area contributed by atoms with E-state index in [0.717, 1.165) is 31.8 Å². The van der Waals surface area contributed by atoms with Crippen molar-refractivity contribution in [2.75, 3.05) is 26.3 Å². The van der Waals surface area contributed by atoms with E-state index in [4.69, 9.17) is 9.47 Å². The van der Waals surface area contributed by atoms with Crippen molar-refractivity contribution < 1.29 is 27.2 Å². The van der Waals surface area contributed by atoms with Crippen LogP contribution in [-0.2, 0) is 16.0 Å². The molecule has 0 amide bonds. The maximum Gasteiger partial charge on any atom is 0.138 e. The molecule has 3 heterocycles. The molecule has 2 aliphatic heterocycles. The van der Waals surface area contributed by atoms with Gasteiger partial charge in [0, 0.05) is 5.39 Å². The predicted molar refractivity (Wildman–Crippen MR) is 69.8 cm³/mol. The van der Waals surface area contributed by atoms with Crippen LogP contribution in [0.5, 0.6) is 0 Å². The fourth-order valence-electron chi connectivity index (χ4n) is 3.06. The Kier molecular flexibility index (Phi) is 3.94. The number of ether oxygens (including phenoxy) is 2. The molecule has 0 aliphatic carbocycles. The molecule has 0 radical (unpaired) electrons. The number of nitrogens with zero attached hydrogens (tertiary/aromatic N) is 2. The number of morpholine rings is 1. The minimum absolute atomic E-state index is 0. The van der Waals surface area contributed by atoms with Gasteiger partial charge < -0.3 is 27.2 Å². The molecule has 2 N–H and O–H groups in total. The van der Waals surface area contributed by atoms with E-state index in [1.165, 1.54) is 11.1 Å². The van der Waals surface area contributed by atoms with Crippen molar-refractivity contribution in [2.24, 2.45) is 0 Å². The highest BCUT2D eigenvalue weighted by atomic mass is 35.5. The van der Waals surface area contributed by atoms with Gasteiger partial charge in [0.15, 0.2) is 0 Å². The van der Waals surface area contributed by atoms with E-state index < -0.39 is 0 Å². The van der Waals surface area contributed by atoms with Crippen LogP contribution in [0.25, 0.3) is 10.9 Å². The molecule has 1 fully saturated rings. The fraction of sp³-hybridized carbons (Fsp3) is 0.500. The smallest absolute Gasteiger partial charge is 0.138 e. The molecular weight excluding hydrogens is 278 g/mol. The van der Waals surface area contributed by atoms with E-state index in [1.807, 2.05) is 6.07 Å². The van der Waals surface area contributed by atoms with E-state index in [0.29, 0.717) is 6.61 Å². The van der Waals surface area contributed by atoms with Gasteiger partial charge in [-0.15, -0.1) is 0 Å². The first-order valence-corrected chi connectivity index (χ1v) is 6.94. The van der Waals surface area contributed by atoms with Crippen LogP contribution in [0.15, 0.2) is 24.3 Å². The molecule has 2 aromatic rings. The molecule has 0 saturated carbocycles. The van der Waals surface area contributed by atoms with Gasteiger partial charge in [-0.05, 0) is 6.07 Å². The lowest BCUT2D eigenvalue weighted by Crippen LogP contribution is -3.00. The molecule has 108 valence electrons. The van der Waals surface area contributed by atoms with Crippen molar-refractivity contribution >= 4 is 10.9 Å². The molecule has 1 unspecified atom stereocenters. The minimum Gasteiger partial charge on any atom is -1.00 e. The highest BCUT2D eigenvalue weighted by molar-refractivity contribution is 5.82. The van der Waals surface area contributed by atoms with Crippen molar-refractivity contribution in [1.82, 2.24) is 9.78 Å². The average molecular weight is 296 g/mol. The standard InChI is InChI=1S/C14H17N3O2.ClH/c1-2-4-11-10(3-1)13-14(12-9-15-5-7-18-12)19-8-6-17(13)16-11;/h1-4,12,14-15H,5-9H2;1H/t12-,14?;/m1./s1. The highest BCUT2D eigenvalue weighted by Crippen LogP contribution is 2.32. The van der Waals surface area contributed by atoms with Crippen molar-refractivity contribution in [2.45, 2.75) is 18.8 Å². The summed E-state index contributed by atoms with van der Waals surface area (Å²) in [5, 5.41) is 8.17. The van der Waals surface area contributed by atoms with Crippen molar-refractivity contribution in [3.05, 3.63) is 30.0 Å². The maximum atomic E-state index is 6.00. The van der Waals surface area contributed by atoms with Gasteiger partial charge in [0.25, 0.3) is 0 Å². The van der Waals surface area contributed by atoms with Crippen LogP contribution in [0.4, 0.5) is 0 Å². The van der Waals surface area contributed by atoms with Gasteiger partial charge in [-0.1, -0.05) is 18.2 Å². The van der Waals surface area contributed by atoms with Crippen molar-refractivity contribution in [1.29, 1.82) is 0 Å². The first-order chi connectivity index (χ1) is 9.43. The lowest BCUT2D eigenvalue weighted by Gasteiger charge is -2.32. The van der Waals surface area contributed by atoms with E-state index in [9.17, 15) is 0 Å². The Morgan fingerprint density at radius 3 is 2.95 bits per heavy atom. The number of hydrogen-bond donors (Lipinski definition) is 1. The van der Waals surface area contributed by atoms with Crippen molar-refractivity contribution in [3.8, 4) is 0 Å². The van der Waals surface area contributed by atoms with Gasteiger partial charge in [-0.2, -0.15) is 5.10 Å². The van der Waals surface area contributed by atoms with Crippen LogP contribution in [-0.4, -0.2) is 42.2 Å². The van der Waals surface area contributed by atoms with Gasteiger partial charge in [-0.3, -0.25) is 4.68 Å². The van der Waals surface area contributed by atoms with Crippen LogP contribution in [0.3, 0.4) is 0 Å². The Labute approximate surface area is 123 Å². The molecule has 1 saturated heterocycles.